The van der Waals surface area contributed by atoms with Gasteiger partial charge in [-0.2, -0.15) is 0 Å². The first-order chi connectivity index (χ1) is 9.83. The Morgan fingerprint density at radius 2 is 2.10 bits per heavy atom. The van der Waals surface area contributed by atoms with Crippen molar-refractivity contribution >= 4 is 23.0 Å². The zero-order valence-electron chi connectivity index (χ0n) is 11.2. The van der Waals surface area contributed by atoms with E-state index in [0.717, 1.165) is 18.5 Å². The Labute approximate surface area is 124 Å². The SMILES string of the molecule is S=C(Nc1cccnc1)N[C@H]1CCCc2ccccc21. The zero-order valence-corrected chi connectivity index (χ0v) is 12.0. The Bertz CT molecular complexity index is 598. The second kappa shape index (κ2) is 6.01. The average Bonchev–Trinajstić information content (AvgIpc) is 2.48. The lowest BCUT2D eigenvalue weighted by atomic mass is 9.88. The number of aromatic nitrogens is 1. The molecular formula is C16H17N3S. The fourth-order valence-electron chi connectivity index (χ4n) is 2.67. The molecule has 2 aromatic rings. The summed E-state index contributed by atoms with van der Waals surface area (Å²) in [4.78, 5) is 4.07. The van der Waals surface area contributed by atoms with E-state index in [1.807, 2.05) is 12.1 Å². The molecule has 102 valence electrons. The van der Waals surface area contributed by atoms with Crippen LogP contribution in [0.3, 0.4) is 0 Å². The molecule has 2 N–H and O–H groups in total. The number of rotatable bonds is 2. The molecule has 0 saturated carbocycles. The van der Waals surface area contributed by atoms with Crippen LogP contribution in [0.2, 0.25) is 0 Å². The van der Waals surface area contributed by atoms with Gasteiger partial charge < -0.3 is 10.6 Å². The average molecular weight is 283 g/mol. The van der Waals surface area contributed by atoms with Crippen molar-refractivity contribution in [2.75, 3.05) is 5.32 Å². The standard InChI is InChI=1S/C16H17N3S/c20-16(18-13-7-4-10-17-11-13)19-15-9-3-6-12-5-1-2-8-14(12)15/h1-2,4-5,7-8,10-11,15H,3,6,9H2,(H2,18,19,20)/t15-/m0/s1. The van der Waals surface area contributed by atoms with Gasteiger partial charge in [-0.15, -0.1) is 0 Å². The molecule has 0 saturated heterocycles. The van der Waals surface area contributed by atoms with Crippen molar-refractivity contribution in [1.29, 1.82) is 0 Å². The third-order valence-electron chi connectivity index (χ3n) is 3.59. The van der Waals surface area contributed by atoms with Crippen LogP contribution in [-0.4, -0.2) is 10.1 Å². The van der Waals surface area contributed by atoms with Crippen LogP contribution in [0.5, 0.6) is 0 Å². The van der Waals surface area contributed by atoms with Crippen LogP contribution in [0, 0.1) is 0 Å². The first-order valence-corrected chi connectivity index (χ1v) is 7.29. The molecule has 3 rings (SSSR count). The lowest BCUT2D eigenvalue weighted by molar-refractivity contribution is 0.529. The molecule has 1 aromatic heterocycles. The summed E-state index contributed by atoms with van der Waals surface area (Å²) < 4.78 is 0. The van der Waals surface area contributed by atoms with Gasteiger partial charge in [-0.05, 0) is 54.7 Å². The highest BCUT2D eigenvalue weighted by Crippen LogP contribution is 2.29. The largest absolute Gasteiger partial charge is 0.356 e. The van der Waals surface area contributed by atoms with E-state index in [1.165, 1.54) is 17.5 Å². The van der Waals surface area contributed by atoms with Gasteiger partial charge in [-0.3, -0.25) is 4.98 Å². The van der Waals surface area contributed by atoms with Crippen LogP contribution >= 0.6 is 12.2 Å². The number of hydrogen-bond acceptors (Lipinski definition) is 2. The van der Waals surface area contributed by atoms with E-state index in [2.05, 4.69) is 39.9 Å². The summed E-state index contributed by atoms with van der Waals surface area (Å²) >= 11 is 5.40. The monoisotopic (exact) mass is 283 g/mol. The molecule has 0 aliphatic heterocycles. The molecule has 4 heteroatoms. The number of aryl methyl sites for hydroxylation is 1. The van der Waals surface area contributed by atoms with Crippen molar-refractivity contribution in [3.63, 3.8) is 0 Å². The Morgan fingerprint density at radius 3 is 2.95 bits per heavy atom. The molecule has 3 nitrogen and oxygen atoms in total. The van der Waals surface area contributed by atoms with Gasteiger partial charge >= 0.3 is 0 Å². The van der Waals surface area contributed by atoms with Crippen LogP contribution in [0.1, 0.15) is 30.0 Å². The Morgan fingerprint density at radius 1 is 1.20 bits per heavy atom. The van der Waals surface area contributed by atoms with Crippen LogP contribution in [0.4, 0.5) is 5.69 Å². The number of anilines is 1. The summed E-state index contributed by atoms with van der Waals surface area (Å²) in [5, 5.41) is 7.25. The summed E-state index contributed by atoms with van der Waals surface area (Å²) in [5.74, 6) is 0. The van der Waals surface area contributed by atoms with Crippen LogP contribution in [0.25, 0.3) is 0 Å². The molecule has 0 bridgehead atoms. The van der Waals surface area contributed by atoms with E-state index < -0.39 is 0 Å². The minimum Gasteiger partial charge on any atom is -0.356 e. The van der Waals surface area contributed by atoms with Crippen molar-refractivity contribution in [2.45, 2.75) is 25.3 Å². The molecule has 1 aromatic carbocycles. The lowest BCUT2D eigenvalue weighted by Crippen LogP contribution is -2.34. The van der Waals surface area contributed by atoms with Crippen LogP contribution in [-0.2, 0) is 6.42 Å². The number of pyridine rings is 1. The highest BCUT2D eigenvalue weighted by Gasteiger charge is 2.20. The molecule has 20 heavy (non-hydrogen) atoms. The van der Waals surface area contributed by atoms with Crippen molar-refractivity contribution in [3.8, 4) is 0 Å². The quantitative estimate of drug-likeness (QED) is 0.828. The van der Waals surface area contributed by atoms with Crippen LogP contribution in [0.15, 0.2) is 48.8 Å². The second-order valence-corrected chi connectivity index (χ2v) is 5.39. The molecular weight excluding hydrogens is 266 g/mol. The summed E-state index contributed by atoms with van der Waals surface area (Å²) in [5.41, 5.74) is 3.71. The first-order valence-electron chi connectivity index (χ1n) is 6.88. The zero-order chi connectivity index (χ0) is 13.8. The van der Waals surface area contributed by atoms with E-state index in [9.17, 15) is 0 Å². The van der Waals surface area contributed by atoms with Crippen LogP contribution < -0.4 is 10.6 Å². The Hall–Kier alpha value is -1.94. The molecule has 1 atom stereocenters. The number of nitrogens with zero attached hydrogens (tertiary/aromatic N) is 1. The van der Waals surface area contributed by atoms with Gasteiger partial charge in [0.2, 0.25) is 0 Å². The molecule has 0 unspecified atom stereocenters. The van der Waals surface area contributed by atoms with Gasteiger partial charge in [-0.1, -0.05) is 24.3 Å². The van der Waals surface area contributed by atoms with Gasteiger partial charge in [0, 0.05) is 6.20 Å². The molecule has 0 radical (unpaired) electrons. The number of hydrogen-bond donors (Lipinski definition) is 2. The van der Waals surface area contributed by atoms with Gasteiger partial charge in [0.05, 0.1) is 17.9 Å². The van der Waals surface area contributed by atoms with Gasteiger partial charge in [-0.25, -0.2) is 0 Å². The maximum Gasteiger partial charge on any atom is 0.171 e. The van der Waals surface area contributed by atoms with Gasteiger partial charge in [0.1, 0.15) is 0 Å². The fourth-order valence-corrected chi connectivity index (χ4v) is 2.93. The number of benzene rings is 1. The molecule has 1 heterocycles. The Balaban J connectivity index is 1.68. The van der Waals surface area contributed by atoms with Gasteiger partial charge in [0.25, 0.3) is 0 Å². The number of fused-ring (bicyclic) bond motifs is 1. The second-order valence-electron chi connectivity index (χ2n) is 4.98. The topological polar surface area (TPSA) is 37.0 Å². The van der Waals surface area contributed by atoms with Crippen molar-refractivity contribution in [3.05, 3.63) is 59.9 Å². The highest BCUT2D eigenvalue weighted by molar-refractivity contribution is 7.80. The molecule has 1 aliphatic rings. The van der Waals surface area contributed by atoms with Crippen molar-refractivity contribution in [2.24, 2.45) is 0 Å². The smallest absolute Gasteiger partial charge is 0.171 e. The van der Waals surface area contributed by atoms with Crippen molar-refractivity contribution < 1.29 is 0 Å². The third-order valence-corrected chi connectivity index (χ3v) is 3.81. The predicted octanol–water partition coefficient (Wildman–Crippen LogP) is 3.45. The van der Waals surface area contributed by atoms with E-state index in [1.54, 1.807) is 12.4 Å². The summed E-state index contributed by atoms with van der Waals surface area (Å²) in [6, 6.07) is 12.7. The third kappa shape index (κ3) is 2.96. The van der Waals surface area contributed by atoms with E-state index in [-0.39, 0.29) is 0 Å². The van der Waals surface area contributed by atoms with E-state index in [0.29, 0.717) is 11.2 Å². The number of nitrogens with one attached hydrogen (secondary N) is 2. The molecule has 0 spiro atoms. The maximum atomic E-state index is 5.40. The Kier molecular flexibility index (Phi) is 3.92. The predicted molar refractivity (Wildman–Crippen MR) is 85.7 cm³/mol. The molecule has 1 aliphatic carbocycles. The molecule has 0 fully saturated rings. The van der Waals surface area contributed by atoms with Crippen molar-refractivity contribution in [1.82, 2.24) is 10.3 Å². The minimum atomic E-state index is 0.302. The summed E-state index contributed by atoms with van der Waals surface area (Å²) in [6.45, 7) is 0. The fraction of sp³-hybridized carbons (Fsp3) is 0.250. The van der Waals surface area contributed by atoms with E-state index >= 15 is 0 Å². The lowest BCUT2D eigenvalue weighted by Gasteiger charge is -2.27. The normalized spacial score (nSPS) is 17.1. The van der Waals surface area contributed by atoms with Gasteiger partial charge in [0.15, 0.2) is 5.11 Å². The van der Waals surface area contributed by atoms with E-state index in [4.69, 9.17) is 12.2 Å². The molecule has 0 amide bonds. The minimum absolute atomic E-state index is 0.302. The first kappa shape index (κ1) is 13.1. The maximum absolute atomic E-state index is 5.40. The summed E-state index contributed by atoms with van der Waals surface area (Å²) in [6.07, 6.45) is 7.00. The highest BCUT2D eigenvalue weighted by atomic mass is 32.1. The summed E-state index contributed by atoms with van der Waals surface area (Å²) in [7, 11) is 0. The number of thiocarbonyl (C=S) groups is 1.